The van der Waals surface area contributed by atoms with E-state index < -0.39 is 41.4 Å². The highest BCUT2D eigenvalue weighted by Gasteiger charge is 2.69. The lowest BCUT2D eigenvalue weighted by molar-refractivity contribution is -0.0631. The minimum atomic E-state index is -4.75. The highest BCUT2D eigenvalue weighted by atomic mass is 19.4. The summed E-state index contributed by atoms with van der Waals surface area (Å²) in [7, 11) is 0. The van der Waals surface area contributed by atoms with Crippen LogP contribution in [0, 0.1) is 5.92 Å². The standard InChI is InChI=1S/C32H25F3N2O2/c33-32(34,35)29-25(21-13-5-1-6-14-21)30-31(39,24-19-11-4-12-20-24)26(28(38)23-17-9-3-10-18-23)27(37(30)36-29)22-15-7-2-8-16-22/h1-20,25-27,30,39H/t25-,26?,27-,30?,31-/m1/s1. The molecule has 0 radical (unpaired) electrons. The Hall–Kier alpha value is -4.23. The second-order valence-corrected chi connectivity index (χ2v) is 9.95. The fraction of sp³-hybridized carbons (Fsp3) is 0.188. The molecule has 0 amide bonds. The predicted molar refractivity (Wildman–Crippen MR) is 142 cm³/mol. The molecule has 1 N–H and O–H groups in total. The number of Topliss-reactive ketones (excluding diaryl/α,β-unsaturated/α-hetero) is 1. The number of rotatable bonds is 5. The molecule has 4 aromatic carbocycles. The van der Waals surface area contributed by atoms with Gasteiger partial charge in [-0.1, -0.05) is 121 Å². The van der Waals surface area contributed by atoms with Crippen LogP contribution in [-0.2, 0) is 5.60 Å². The van der Waals surface area contributed by atoms with Gasteiger partial charge in [-0.25, -0.2) is 0 Å². The minimum Gasteiger partial charge on any atom is -0.382 e. The highest BCUT2D eigenvalue weighted by Crippen LogP contribution is 2.60. The van der Waals surface area contributed by atoms with Crippen molar-refractivity contribution in [3.63, 3.8) is 0 Å². The van der Waals surface area contributed by atoms with Crippen LogP contribution < -0.4 is 0 Å². The Bertz CT molecular complexity index is 1490. The minimum absolute atomic E-state index is 0.360. The average Bonchev–Trinajstić information content (AvgIpc) is 3.49. The number of carbonyl (C=O) groups excluding carboxylic acids is 1. The number of nitrogens with zero attached hydrogens (tertiary/aromatic N) is 2. The monoisotopic (exact) mass is 526 g/mol. The Morgan fingerprint density at radius 2 is 1.23 bits per heavy atom. The van der Waals surface area contributed by atoms with Crippen molar-refractivity contribution in [3.05, 3.63) is 144 Å². The van der Waals surface area contributed by atoms with Gasteiger partial charge in [0.2, 0.25) is 0 Å². The fourth-order valence-corrected chi connectivity index (χ4v) is 6.23. The lowest BCUT2D eigenvalue weighted by Gasteiger charge is -2.37. The number of hydrogen-bond donors (Lipinski definition) is 1. The molecule has 6 rings (SSSR count). The maximum absolute atomic E-state index is 14.6. The molecule has 196 valence electrons. The van der Waals surface area contributed by atoms with Crippen molar-refractivity contribution in [2.24, 2.45) is 11.0 Å². The van der Waals surface area contributed by atoms with E-state index in [1.54, 1.807) is 121 Å². The van der Waals surface area contributed by atoms with Crippen LogP contribution in [-0.4, -0.2) is 33.8 Å². The smallest absolute Gasteiger partial charge is 0.382 e. The van der Waals surface area contributed by atoms with Gasteiger partial charge in [0.05, 0.1) is 23.9 Å². The quantitative estimate of drug-likeness (QED) is 0.302. The van der Waals surface area contributed by atoms with E-state index in [0.717, 1.165) is 0 Å². The van der Waals surface area contributed by atoms with Gasteiger partial charge in [0.1, 0.15) is 5.60 Å². The molecule has 2 unspecified atom stereocenters. The van der Waals surface area contributed by atoms with E-state index in [1.807, 2.05) is 0 Å². The van der Waals surface area contributed by atoms with E-state index in [9.17, 15) is 23.1 Å². The number of carbonyl (C=O) groups is 1. The number of alkyl halides is 3. The first-order valence-corrected chi connectivity index (χ1v) is 12.7. The van der Waals surface area contributed by atoms with Crippen molar-refractivity contribution in [2.75, 3.05) is 0 Å². The predicted octanol–water partition coefficient (Wildman–Crippen LogP) is 6.51. The molecule has 4 aromatic rings. The summed E-state index contributed by atoms with van der Waals surface area (Å²) in [6.07, 6.45) is -4.75. The Balaban J connectivity index is 1.65. The van der Waals surface area contributed by atoms with Gasteiger partial charge in [-0.3, -0.25) is 9.80 Å². The largest absolute Gasteiger partial charge is 0.431 e. The van der Waals surface area contributed by atoms with Gasteiger partial charge in [0.25, 0.3) is 0 Å². The van der Waals surface area contributed by atoms with Crippen molar-refractivity contribution in [3.8, 4) is 0 Å². The zero-order chi connectivity index (χ0) is 27.2. The molecule has 0 saturated carbocycles. The first-order chi connectivity index (χ1) is 18.8. The summed E-state index contributed by atoms with van der Waals surface area (Å²) in [5, 5.41) is 18.4. The molecule has 4 nitrogen and oxygen atoms in total. The summed E-state index contributed by atoms with van der Waals surface area (Å²) < 4.78 is 43.8. The Kier molecular flexibility index (Phi) is 6.11. The molecular formula is C32H25F3N2O2. The van der Waals surface area contributed by atoms with Crippen LogP contribution in [0.4, 0.5) is 13.2 Å². The maximum Gasteiger partial charge on any atom is 0.431 e. The first-order valence-electron chi connectivity index (χ1n) is 12.7. The van der Waals surface area contributed by atoms with Crippen molar-refractivity contribution in [1.29, 1.82) is 0 Å². The van der Waals surface area contributed by atoms with E-state index in [0.29, 0.717) is 22.3 Å². The zero-order valence-corrected chi connectivity index (χ0v) is 20.7. The normalized spacial score (nSPS) is 26.3. The fourth-order valence-electron chi connectivity index (χ4n) is 6.23. The second-order valence-electron chi connectivity index (χ2n) is 9.95. The topological polar surface area (TPSA) is 52.9 Å². The molecule has 0 aliphatic carbocycles. The summed E-state index contributed by atoms with van der Waals surface area (Å²) >= 11 is 0. The second kappa shape index (κ2) is 9.50. The van der Waals surface area contributed by atoms with Crippen molar-refractivity contribution < 1.29 is 23.1 Å². The summed E-state index contributed by atoms with van der Waals surface area (Å²) in [4.78, 5) is 14.3. The lowest BCUT2D eigenvalue weighted by Crippen LogP contribution is -2.49. The van der Waals surface area contributed by atoms with Crippen LogP contribution in [0.15, 0.2) is 126 Å². The van der Waals surface area contributed by atoms with E-state index >= 15 is 0 Å². The number of halogens is 3. The molecule has 2 aliphatic heterocycles. The van der Waals surface area contributed by atoms with E-state index in [-0.39, 0.29) is 5.78 Å². The van der Waals surface area contributed by atoms with Crippen LogP contribution in [0.25, 0.3) is 0 Å². The number of benzene rings is 4. The number of hydrogen-bond acceptors (Lipinski definition) is 4. The summed E-state index contributed by atoms with van der Waals surface area (Å²) in [6, 6.07) is 32.2. The van der Waals surface area contributed by atoms with E-state index in [4.69, 9.17) is 0 Å². The lowest BCUT2D eigenvalue weighted by atomic mass is 9.68. The van der Waals surface area contributed by atoms with Gasteiger partial charge >= 0.3 is 6.18 Å². The van der Waals surface area contributed by atoms with Gasteiger partial charge in [-0.15, -0.1) is 0 Å². The number of ketones is 1. The van der Waals surface area contributed by atoms with E-state index in [2.05, 4.69) is 5.10 Å². The molecule has 0 aromatic heterocycles. The molecule has 0 bridgehead atoms. The third-order valence-corrected chi connectivity index (χ3v) is 7.81. The number of aliphatic hydroxyl groups is 1. The zero-order valence-electron chi connectivity index (χ0n) is 20.7. The summed E-state index contributed by atoms with van der Waals surface area (Å²) in [5.41, 5.74) is -1.29. The molecule has 1 saturated heterocycles. The molecule has 5 atom stereocenters. The molecule has 2 aliphatic rings. The molecule has 2 heterocycles. The van der Waals surface area contributed by atoms with Crippen LogP contribution in [0.3, 0.4) is 0 Å². The Labute approximate surface area is 224 Å². The van der Waals surface area contributed by atoms with Crippen molar-refractivity contribution >= 4 is 11.5 Å². The van der Waals surface area contributed by atoms with Crippen LogP contribution in [0.1, 0.15) is 39.0 Å². The van der Waals surface area contributed by atoms with Gasteiger partial charge in [-0.05, 0) is 16.7 Å². The van der Waals surface area contributed by atoms with Gasteiger partial charge in [0.15, 0.2) is 11.5 Å². The molecule has 7 heteroatoms. The van der Waals surface area contributed by atoms with E-state index in [1.165, 1.54) is 5.01 Å². The molecule has 0 spiro atoms. The Morgan fingerprint density at radius 1 is 0.744 bits per heavy atom. The average molecular weight is 527 g/mol. The van der Waals surface area contributed by atoms with Gasteiger partial charge in [0, 0.05) is 5.56 Å². The third-order valence-electron chi connectivity index (χ3n) is 7.81. The van der Waals surface area contributed by atoms with Gasteiger partial charge in [-0.2, -0.15) is 18.3 Å². The third kappa shape index (κ3) is 4.05. The number of hydrazone groups is 1. The summed E-state index contributed by atoms with van der Waals surface area (Å²) in [6.45, 7) is 0. The highest BCUT2D eigenvalue weighted by molar-refractivity contribution is 6.02. The Morgan fingerprint density at radius 3 is 1.77 bits per heavy atom. The SMILES string of the molecule is O=C(c1ccccc1)C1[C@@H](c2ccccc2)N2N=C(C(F)(F)F)[C@@H](c3ccccc3)C2[C@@]1(O)c1ccccc1. The van der Waals surface area contributed by atoms with Crippen LogP contribution in [0.2, 0.25) is 0 Å². The van der Waals surface area contributed by atoms with Crippen molar-refractivity contribution in [2.45, 2.75) is 29.8 Å². The van der Waals surface area contributed by atoms with Crippen molar-refractivity contribution in [1.82, 2.24) is 5.01 Å². The molecular weight excluding hydrogens is 501 g/mol. The number of fused-ring (bicyclic) bond motifs is 1. The molecule has 39 heavy (non-hydrogen) atoms. The maximum atomic E-state index is 14.6. The first kappa shape index (κ1) is 25.1. The van der Waals surface area contributed by atoms with Crippen LogP contribution in [0.5, 0.6) is 0 Å². The van der Waals surface area contributed by atoms with Gasteiger partial charge < -0.3 is 5.11 Å². The molecule has 1 fully saturated rings. The summed E-state index contributed by atoms with van der Waals surface area (Å²) in [5.74, 6) is -2.82. The van der Waals surface area contributed by atoms with Crippen LogP contribution >= 0.6 is 0 Å².